The van der Waals surface area contributed by atoms with Gasteiger partial charge in [0, 0.05) is 13.6 Å². The van der Waals surface area contributed by atoms with Gasteiger partial charge in [-0.2, -0.15) is 5.10 Å². The summed E-state index contributed by atoms with van der Waals surface area (Å²) in [5.74, 6) is 0.524. The van der Waals surface area contributed by atoms with Gasteiger partial charge in [-0.3, -0.25) is 9.48 Å². The van der Waals surface area contributed by atoms with E-state index in [4.69, 9.17) is 4.74 Å². The Bertz CT molecular complexity index is 368. The number of hydrogen-bond acceptors (Lipinski definition) is 5. The van der Waals surface area contributed by atoms with Crippen molar-refractivity contribution in [3.05, 3.63) is 12.2 Å². The van der Waals surface area contributed by atoms with E-state index < -0.39 is 5.60 Å². The average Bonchev–Trinajstić information content (AvgIpc) is 2.56. The number of nitrogens with zero attached hydrogens (tertiary/aromatic N) is 3. The van der Waals surface area contributed by atoms with Gasteiger partial charge in [0.1, 0.15) is 11.9 Å². The van der Waals surface area contributed by atoms with E-state index in [1.807, 2.05) is 27.8 Å². The molecule has 1 N–H and O–H groups in total. The summed E-state index contributed by atoms with van der Waals surface area (Å²) < 4.78 is 6.82. The maximum absolute atomic E-state index is 11.4. The number of aryl methyl sites for hydroxylation is 1. The fourth-order valence-electron chi connectivity index (χ4n) is 1.25. The Hall–Kier alpha value is -1.43. The lowest BCUT2D eigenvalue weighted by Crippen LogP contribution is -2.26. The van der Waals surface area contributed by atoms with Crippen LogP contribution in [0.15, 0.2) is 6.33 Å². The molecule has 0 unspecified atom stereocenters. The zero-order valence-electron chi connectivity index (χ0n) is 10.9. The number of ether oxygens (including phenoxy) is 1. The Morgan fingerprint density at radius 3 is 2.76 bits per heavy atom. The first-order valence-electron chi connectivity index (χ1n) is 5.64. The van der Waals surface area contributed by atoms with Crippen LogP contribution in [-0.4, -0.2) is 32.9 Å². The first-order chi connectivity index (χ1) is 7.87. The van der Waals surface area contributed by atoms with Gasteiger partial charge < -0.3 is 10.1 Å². The average molecular weight is 240 g/mol. The van der Waals surface area contributed by atoms with Gasteiger partial charge >= 0.3 is 5.97 Å². The zero-order chi connectivity index (χ0) is 12.9. The van der Waals surface area contributed by atoms with Gasteiger partial charge in [-0.05, 0) is 20.8 Å². The number of nitrogens with one attached hydrogen (secondary N) is 1. The van der Waals surface area contributed by atoms with Crippen LogP contribution in [0.3, 0.4) is 0 Å². The smallest absolute Gasteiger partial charge is 0.307 e. The molecule has 1 aromatic rings. The minimum absolute atomic E-state index is 0.195. The highest BCUT2D eigenvalue weighted by atomic mass is 16.6. The second kappa shape index (κ2) is 5.77. The topological polar surface area (TPSA) is 69.0 Å². The van der Waals surface area contributed by atoms with Gasteiger partial charge in [0.15, 0.2) is 5.82 Å². The first-order valence-corrected chi connectivity index (χ1v) is 5.64. The molecule has 0 aliphatic heterocycles. The molecule has 0 atom stereocenters. The highest BCUT2D eigenvalue weighted by molar-refractivity contribution is 5.70. The van der Waals surface area contributed by atoms with E-state index in [-0.39, 0.29) is 5.97 Å². The quantitative estimate of drug-likeness (QED) is 0.604. The molecule has 0 aromatic carbocycles. The van der Waals surface area contributed by atoms with Gasteiger partial charge in [-0.25, -0.2) is 4.98 Å². The monoisotopic (exact) mass is 240 g/mol. The molecule has 0 saturated carbocycles. The lowest BCUT2D eigenvalue weighted by molar-refractivity contribution is -0.154. The van der Waals surface area contributed by atoms with Crippen molar-refractivity contribution in [3.63, 3.8) is 0 Å². The van der Waals surface area contributed by atoms with Gasteiger partial charge in [0.2, 0.25) is 0 Å². The Morgan fingerprint density at radius 1 is 1.53 bits per heavy atom. The molecule has 0 aliphatic carbocycles. The van der Waals surface area contributed by atoms with E-state index in [0.717, 1.165) is 5.82 Å². The molecule has 1 rings (SSSR count). The lowest BCUT2D eigenvalue weighted by Gasteiger charge is -2.19. The fourth-order valence-corrected chi connectivity index (χ4v) is 1.25. The van der Waals surface area contributed by atoms with E-state index in [0.29, 0.717) is 19.5 Å². The SMILES string of the molecule is Cn1cnc(CNCCC(=O)OC(C)(C)C)n1. The summed E-state index contributed by atoms with van der Waals surface area (Å²) >= 11 is 0. The molecule has 1 aromatic heterocycles. The van der Waals surface area contributed by atoms with Crippen molar-refractivity contribution < 1.29 is 9.53 Å². The summed E-state index contributed by atoms with van der Waals surface area (Å²) in [5.41, 5.74) is -0.417. The molecule has 0 aliphatic rings. The number of rotatable bonds is 5. The van der Waals surface area contributed by atoms with E-state index in [1.54, 1.807) is 11.0 Å². The van der Waals surface area contributed by atoms with E-state index in [1.165, 1.54) is 0 Å². The maximum Gasteiger partial charge on any atom is 0.307 e. The van der Waals surface area contributed by atoms with Gasteiger partial charge in [-0.15, -0.1) is 0 Å². The molecular weight excluding hydrogens is 220 g/mol. The van der Waals surface area contributed by atoms with Crippen LogP contribution in [0.2, 0.25) is 0 Å². The molecule has 0 saturated heterocycles. The van der Waals surface area contributed by atoms with Crippen LogP contribution in [0.4, 0.5) is 0 Å². The van der Waals surface area contributed by atoms with Crippen LogP contribution in [0.25, 0.3) is 0 Å². The van der Waals surface area contributed by atoms with Crippen LogP contribution in [0, 0.1) is 0 Å². The van der Waals surface area contributed by atoms with Crippen LogP contribution >= 0.6 is 0 Å². The minimum atomic E-state index is -0.417. The molecule has 96 valence electrons. The molecule has 0 amide bonds. The summed E-state index contributed by atoms with van der Waals surface area (Å²) in [6, 6.07) is 0. The van der Waals surface area contributed by atoms with E-state index in [2.05, 4.69) is 15.4 Å². The maximum atomic E-state index is 11.4. The molecule has 6 nitrogen and oxygen atoms in total. The Balaban J connectivity index is 2.14. The zero-order valence-corrected chi connectivity index (χ0v) is 10.9. The van der Waals surface area contributed by atoms with Crippen LogP contribution < -0.4 is 5.32 Å². The largest absolute Gasteiger partial charge is 0.460 e. The van der Waals surface area contributed by atoms with Crippen molar-refractivity contribution in [2.75, 3.05) is 6.54 Å². The predicted molar refractivity (Wildman–Crippen MR) is 63.2 cm³/mol. The normalized spacial score (nSPS) is 11.5. The highest BCUT2D eigenvalue weighted by Gasteiger charge is 2.15. The van der Waals surface area contributed by atoms with Crippen LogP contribution in [-0.2, 0) is 23.1 Å². The third kappa shape index (κ3) is 6.01. The number of esters is 1. The van der Waals surface area contributed by atoms with Crippen molar-refractivity contribution >= 4 is 5.97 Å². The van der Waals surface area contributed by atoms with E-state index in [9.17, 15) is 4.79 Å². The highest BCUT2D eigenvalue weighted by Crippen LogP contribution is 2.07. The minimum Gasteiger partial charge on any atom is -0.460 e. The number of hydrogen-bond donors (Lipinski definition) is 1. The summed E-state index contributed by atoms with van der Waals surface area (Å²) in [5, 5.41) is 7.21. The van der Waals surface area contributed by atoms with Crippen LogP contribution in [0.1, 0.15) is 33.0 Å². The summed E-state index contributed by atoms with van der Waals surface area (Å²) in [6.07, 6.45) is 2.00. The molecule has 0 radical (unpaired) electrons. The second-order valence-corrected chi connectivity index (χ2v) is 4.85. The standard InChI is InChI=1S/C11H20N4O2/c1-11(2,3)17-10(16)5-6-12-7-9-13-8-15(4)14-9/h8,12H,5-7H2,1-4H3. The third-order valence-corrected chi connectivity index (χ3v) is 1.86. The molecule has 6 heteroatoms. The van der Waals surface area contributed by atoms with Gasteiger partial charge in [0.25, 0.3) is 0 Å². The summed E-state index contributed by atoms with van der Waals surface area (Å²) in [4.78, 5) is 15.4. The summed E-state index contributed by atoms with van der Waals surface area (Å²) in [6.45, 7) is 6.69. The second-order valence-electron chi connectivity index (χ2n) is 4.85. The van der Waals surface area contributed by atoms with Gasteiger partial charge in [0.05, 0.1) is 13.0 Å². The third-order valence-electron chi connectivity index (χ3n) is 1.86. The van der Waals surface area contributed by atoms with Crippen molar-refractivity contribution in [1.29, 1.82) is 0 Å². The van der Waals surface area contributed by atoms with Gasteiger partial charge in [-0.1, -0.05) is 0 Å². The molecule has 17 heavy (non-hydrogen) atoms. The molecule has 0 spiro atoms. The lowest BCUT2D eigenvalue weighted by atomic mass is 10.2. The Kier molecular flexibility index (Phi) is 4.62. The predicted octanol–water partition coefficient (Wildman–Crippen LogP) is 0.636. The molecule has 0 fully saturated rings. The van der Waals surface area contributed by atoms with Crippen molar-refractivity contribution in [2.24, 2.45) is 7.05 Å². The Labute approximate surface area is 101 Å². The number of carbonyl (C=O) groups is 1. The van der Waals surface area contributed by atoms with Crippen molar-refractivity contribution in [2.45, 2.75) is 39.3 Å². The van der Waals surface area contributed by atoms with Crippen molar-refractivity contribution in [3.8, 4) is 0 Å². The molecule has 1 heterocycles. The number of carbonyl (C=O) groups excluding carboxylic acids is 1. The fraction of sp³-hybridized carbons (Fsp3) is 0.727. The first kappa shape index (κ1) is 13.6. The molecule has 0 bridgehead atoms. The Morgan fingerprint density at radius 2 is 2.24 bits per heavy atom. The van der Waals surface area contributed by atoms with E-state index >= 15 is 0 Å². The number of aromatic nitrogens is 3. The summed E-state index contributed by atoms with van der Waals surface area (Å²) in [7, 11) is 1.82. The van der Waals surface area contributed by atoms with Crippen molar-refractivity contribution in [1.82, 2.24) is 20.1 Å². The van der Waals surface area contributed by atoms with Crippen LogP contribution in [0.5, 0.6) is 0 Å². The molecular formula is C11H20N4O2.